The summed E-state index contributed by atoms with van der Waals surface area (Å²) in [6, 6.07) is -10.7. The summed E-state index contributed by atoms with van der Waals surface area (Å²) >= 11 is 0. The van der Waals surface area contributed by atoms with Gasteiger partial charge in [0.1, 0.15) is 36.3 Å². The van der Waals surface area contributed by atoms with Crippen molar-refractivity contribution >= 4 is 59.3 Å². The van der Waals surface area contributed by atoms with Crippen LogP contribution in [0.1, 0.15) is 79.1 Å². The van der Waals surface area contributed by atoms with Crippen molar-refractivity contribution in [2.45, 2.75) is 121 Å². The van der Waals surface area contributed by atoms with E-state index in [1.807, 2.05) is 0 Å². The Morgan fingerprint density at radius 3 is 1.51 bits per heavy atom. The molecule has 22 heteroatoms. The molecule has 1 rings (SSSR count). The molecule has 0 aromatic rings. The first-order chi connectivity index (χ1) is 25.6. The van der Waals surface area contributed by atoms with Gasteiger partial charge in [0, 0.05) is 13.0 Å². The van der Waals surface area contributed by atoms with Crippen molar-refractivity contribution in [1.82, 2.24) is 31.5 Å². The van der Waals surface area contributed by atoms with Crippen molar-refractivity contribution in [2.75, 3.05) is 13.2 Å². The highest BCUT2D eigenvalue weighted by atomic mass is 16.4. The standard InChI is InChI=1S/C33H53N7O15/c1-15(2)10-19(36-27(48)17(34)12-25(44)45)28(49)38-21(13-26(46)47)30(51)37-20(11-16(3)4)29(50)39-22(14-41)31(52)35-18(7-8-24(42)43)32(53)40-9-5-6-23(40)33(54)55/h15-23,41H,5-14,34H2,1-4H3,(H,35,52)(H,36,48)(H,37,51)(H,38,49)(H,39,50)(H,42,43)(H,44,45)(H,46,47)(H,54,55)/t17-,18-,19-,20-,21-,22-,23-/m0/s1. The zero-order chi connectivity index (χ0) is 42.2. The van der Waals surface area contributed by atoms with E-state index in [2.05, 4.69) is 26.6 Å². The molecule has 7 atom stereocenters. The quantitative estimate of drug-likeness (QED) is 0.0457. The van der Waals surface area contributed by atoms with E-state index in [1.54, 1.807) is 27.7 Å². The number of aliphatic hydroxyl groups excluding tert-OH is 1. The third-order valence-corrected chi connectivity index (χ3v) is 8.32. The highest BCUT2D eigenvalue weighted by Gasteiger charge is 2.39. The number of aliphatic hydroxyl groups is 1. The van der Waals surface area contributed by atoms with Crippen LogP contribution in [0.4, 0.5) is 0 Å². The SMILES string of the molecule is CC(C)C[C@H](NC(=O)[C@H](CC(=O)O)NC(=O)[C@H](CC(C)C)NC(=O)[C@@H](N)CC(=O)O)C(=O)N[C@@H](CO)C(=O)N[C@@H](CCC(=O)O)C(=O)N1CCC[C@H]1C(=O)O. The molecule has 1 saturated heterocycles. The number of hydrogen-bond acceptors (Lipinski definition) is 12. The van der Waals surface area contributed by atoms with Gasteiger partial charge in [-0.05, 0) is 43.9 Å². The first-order valence-corrected chi connectivity index (χ1v) is 17.6. The maximum absolute atomic E-state index is 13.5. The Morgan fingerprint density at radius 1 is 0.618 bits per heavy atom. The van der Waals surface area contributed by atoms with Gasteiger partial charge in [-0.3, -0.25) is 43.2 Å². The molecule has 0 aliphatic carbocycles. The molecule has 310 valence electrons. The molecule has 0 saturated carbocycles. The number of rotatable bonds is 24. The van der Waals surface area contributed by atoms with Gasteiger partial charge in [-0.25, -0.2) is 4.79 Å². The number of nitrogens with zero attached hydrogens (tertiary/aromatic N) is 1. The monoisotopic (exact) mass is 787 g/mol. The lowest BCUT2D eigenvalue weighted by molar-refractivity contribution is -0.150. The predicted molar refractivity (Wildman–Crippen MR) is 187 cm³/mol. The van der Waals surface area contributed by atoms with E-state index < -0.39 is 134 Å². The van der Waals surface area contributed by atoms with E-state index >= 15 is 0 Å². The van der Waals surface area contributed by atoms with E-state index in [9.17, 15) is 68.4 Å². The van der Waals surface area contributed by atoms with E-state index in [1.165, 1.54) is 0 Å². The summed E-state index contributed by atoms with van der Waals surface area (Å²) in [5, 5.41) is 58.5. The molecule has 0 spiro atoms. The summed E-state index contributed by atoms with van der Waals surface area (Å²) in [5.41, 5.74) is 5.60. The number of carboxylic acids is 4. The van der Waals surface area contributed by atoms with Crippen molar-refractivity contribution in [2.24, 2.45) is 17.6 Å². The Morgan fingerprint density at radius 2 is 1.05 bits per heavy atom. The number of carboxylic acid groups (broad SMARTS) is 4. The molecule has 0 aromatic heterocycles. The zero-order valence-corrected chi connectivity index (χ0v) is 31.1. The largest absolute Gasteiger partial charge is 0.481 e. The lowest BCUT2D eigenvalue weighted by Crippen LogP contribution is -2.60. The van der Waals surface area contributed by atoms with E-state index in [0.717, 1.165) is 4.90 Å². The minimum atomic E-state index is -1.81. The van der Waals surface area contributed by atoms with Crippen LogP contribution in [0.5, 0.6) is 0 Å². The summed E-state index contributed by atoms with van der Waals surface area (Å²) in [5.74, 6) is -12.3. The zero-order valence-electron chi connectivity index (χ0n) is 31.1. The van der Waals surface area contributed by atoms with Gasteiger partial charge < -0.3 is 62.8 Å². The number of amides is 6. The van der Waals surface area contributed by atoms with Gasteiger partial charge in [0.25, 0.3) is 0 Å². The Hall–Kier alpha value is -5.38. The van der Waals surface area contributed by atoms with Crippen LogP contribution in [0.3, 0.4) is 0 Å². The number of carbonyl (C=O) groups excluding carboxylic acids is 6. The molecule has 0 bridgehead atoms. The highest BCUT2D eigenvalue weighted by molar-refractivity contribution is 5.98. The van der Waals surface area contributed by atoms with E-state index in [4.69, 9.17) is 10.8 Å². The van der Waals surface area contributed by atoms with Crippen LogP contribution >= 0.6 is 0 Å². The van der Waals surface area contributed by atoms with Gasteiger partial charge >= 0.3 is 23.9 Å². The molecule has 12 N–H and O–H groups in total. The molecule has 1 heterocycles. The van der Waals surface area contributed by atoms with E-state index in [-0.39, 0.29) is 37.6 Å². The van der Waals surface area contributed by atoms with Crippen molar-refractivity contribution in [3.05, 3.63) is 0 Å². The predicted octanol–water partition coefficient (Wildman–Crippen LogP) is -3.29. The number of hydrogen-bond donors (Lipinski definition) is 11. The molecule has 22 nitrogen and oxygen atoms in total. The highest BCUT2D eigenvalue weighted by Crippen LogP contribution is 2.20. The second-order valence-corrected chi connectivity index (χ2v) is 14.0. The molecule has 0 radical (unpaired) electrons. The van der Waals surface area contributed by atoms with Crippen LogP contribution < -0.4 is 32.3 Å². The van der Waals surface area contributed by atoms with Crippen LogP contribution in [0.25, 0.3) is 0 Å². The molecule has 0 aromatic carbocycles. The number of likely N-dealkylation sites (tertiary alicyclic amines) is 1. The molecule has 1 aliphatic heterocycles. The van der Waals surface area contributed by atoms with Crippen LogP contribution in [0.15, 0.2) is 0 Å². The Kier molecular flexibility index (Phi) is 19.7. The minimum absolute atomic E-state index is 0.0251. The number of nitrogens with two attached hydrogens (primary N) is 1. The van der Waals surface area contributed by atoms with Crippen molar-refractivity contribution < 1.29 is 73.5 Å². The maximum Gasteiger partial charge on any atom is 0.326 e. The van der Waals surface area contributed by atoms with Crippen LogP contribution in [-0.4, -0.2) is 145 Å². The van der Waals surface area contributed by atoms with Crippen molar-refractivity contribution in [3.8, 4) is 0 Å². The maximum atomic E-state index is 13.5. The van der Waals surface area contributed by atoms with Crippen molar-refractivity contribution in [3.63, 3.8) is 0 Å². The second-order valence-electron chi connectivity index (χ2n) is 14.0. The summed E-state index contributed by atoms with van der Waals surface area (Å²) < 4.78 is 0. The molecule has 1 fully saturated rings. The summed E-state index contributed by atoms with van der Waals surface area (Å²) in [6.07, 6.45) is -2.44. The molecular weight excluding hydrogens is 734 g/mol. The first kappa shape index (κ1) is 47.6. The van der Waals surface area contributed by atoms with Crippen LogP contribution in [0.2, 0.25) is 0 Å². The minimum Gasteiger partial charge on any atom is -0.481 e. The Labute approximate surface area is 316 Å². The van der Waals surface area contributed by atoms with Gasteiger partial charge in [-0.15, -0.1) is 0 Å². The normalized spacial score (nSPS) is 17.2. The smallest absolute Gasteiger partial charge is 0.326 e. The fraction of sp³-hybridized carbons (Fsp3) is 0.697. The fourth-order valence-electron chi connectivity index (χ4n) is 5.65. The number of carbonyl (C=O) groups is 10. The first-order valence-electron chi connectivity index (χ1n) is 17.6. The average molecular weight is 788 g/mol. The summed E-state index contributed by atoms with van der Waals surface area (Å²) in [6.45, 7) is 5.69. The van der Waals surface area contributed by atoms with Gasteiger partial charge in [0.2, 0.25) is 35.4 Å². The summed E-state index contributed by atoms with van der Waals surface area (Å²) in [7, 11) is 0. The fourth-order valence-corrected chi connectivity index (χ4v) is 5.65. The van der Waals surface area contributed by atoms with Crippen LogP contribution in [0, 0.1) is 11.8 Å². The summed E-state index contributed by atoms with van der Waals surface area (Å²) in [4.78, 5) is 126. The van der Waals surface area contributed by atoms with Gasteiger partial charge in [0.15, 0.2) is 0 Å². The molecular formula is C33H53N7O15. The second kappa shape index (κ2) is 22.7. The average Bonchev–Trinajstić information content (AvgIpc) is 3.57. The number of aliphatic carboxylic acids is 4. The van der Waals surface area contributed by atoms with Gasteiger partial charge in [-0.1, -0.05) is 27.7 Å². The molecule has 6 amide bonds. The Bertz CT molecular complexity index is 1440. The number of nitrogens with one attached hydrogen (secondary N) is 5. The Balaban J connectivity index is 3.23. The lowest BCUT2D eigenvalue weighted by Gasteiger charge is -2.29. The third-order valence-electron chi connectivity index (χ3n) is 8.32. The van der Waals surface area contributed by atoms with Gasteiger partial charge in [0.05, 0.1) is 25.5 Å². The van der Waals surface area contributed by atoms with E-state index in [0.29, 0.717) is 6.42 Å². The third kappa shape index (κ3) is 16.7. The molecule has 55 heavy (non-hydrogen) atoms. The molecule has 0 unspecified atom stereocenters. The van der Waals surface area contributed by atoms with Crippen molar-refractivity contribution in [1.29, 1.82) is 0 Å². The van der Waals surface area contributed by atoms with Crippen LogP contribution in [-0.2, 0) is 47.9 Å². The molecule has 1 aliphatic rings. The topological polar surface area (TPSA) is 361 Å². The lowest BCUT2D eigenvalue weighted by atomic mass is 10.0. The van der Waals surface area contributed by atoms with Gasteiger partial charge in [-0.2, -0.15) is 0 Å².